The average molecular weight is 357 g/mol. The lowest BCUT2D eigenvalue weighted by Crippen LogP contribution is -2.42. The SMILES string of the molecule is CCOCCNC(=NC)NCC1CCCO1.I. The maximum absolute atomic E-state index is 5.52. The van der Waals surface area contributed by atoms with Gasteiger partial charge < -0.3 is 20.1 Å². The number of hydrogen-bond acceptors (Lipinski definition) is 3. The summed E-state index contributed by atoms with van der Waals surface area (Å²) >= 11 is 0. The Balaban J connectivity index is 0.00000256. The quantitative estimate of drug-likeness (QED) is 0.322. The van der Waals surface area contributed by atoms with Crippen molar-refractivity contribution in [1.29, 1.82) is 0 Å². The first-order chi connectivity index (χ1) is 7.86. The van der Waals surface area contributed by atoms with Gasteiger partial charge in [-0.05, 0) is 19.8 Å². The van der Waals surface area contributed by atoms with Crippen LogP contribution in [0.5, 0.6) is 0 Å². The van der Waals surface area contributed by atoms with E-state index in [0.717, 1.165) is 38.7 Å². The summed E-state index contributed by atoms with van der Waals surface area (Å²) in [5.74, 6) is 0.815. The minimum Gasteiger partial charge on any atom is -0.380 e. The molecule has 1 heterocycles. The molecule has 5 nitrogen and oxygen atoms in total. The van der Waals surface area contributed by atoms with Crippen molar-refractivity contribution in [2.45, 2.75) is 25.9 Å². The zero-order chi connectivity index (χ0) is 11.6. The van der Waals surface area contributed by atoms with Crippen LogP contribution in [0.1, 0.15) is 19.8 Å². The van der Waals surface area contributed by atoms with Gasteiger partial charge in [0.1, 0.15) is 0 Å². The van der Waals surface area contributed by atoms with Crippen LogP contribution in [0.15, 0.2) is 4.99 Å². The first-order valence-electron chi connectivity index (χ1n) is 6.00. The predicted molar refractivity (Wildman–Crippen MR) is 80.2 cm³/mol. The van der Waals surface area contributed by atoms with E-state index in [1.807, 2.05) is 6.92 Å². The number of ether oxygens (including phenoxy) is 2. The molecule has 0 spiro atoms. The first-order valence-corrected chi connectivity index (χ1v) is 6.00. The second kappa shape index (κ2) is 11.0. The van der Waals surface area contributed by atoms with E-state index in [1.54, 1.807) is 7.05 Å². The highest BCUT2D eigenvalue weighted by Crippen LogP contribution is 2.10. The molecule has 0 amide bonds. The van der Waals surface area contributed by atoms with Gasteiger partial charge in [0.15, 0.2) is 5.96 Å². The Morgan fingerprint density at radius 3 is 2.88 bits per heavy atom. The summed E-state index contributed by atoms with van der Waals surface area (Å²) in [6.45, 7) is 5.95. The van der Waals surface area contributed by atoms with Crippen LogP contribution in [0.2, 0.25) is 0 Å². The predicted octanol–water partition coefficient (Wildman–Crippen LogP) is 0.985. The molecule has 17 heavy (non-hydrogen) atoms. The van der Waals surface area contributed by atoms with E-state index in [1.165, 1.54) is 6.42 Å². The third-order valence-corrected chi connectivity index (χ3v) is 2.49. The maximum atomic E-state index is 5.52. The number of hydrogen-bond donors (Lipinski definition) is 2. The zero-order valence-corrected chi connectivity index (χ0v) is 13.0. The van der Waals surface area contributed by atoms with Crippen LogP contribution in [0.25, 0.3) is 0 Å². The summed E-state index contributed by atoms with van der Waals surface area (Å²) in [5.41, 5.74) is 0. The van der Waals surface area contributed by atoms with Crippen molar-refractivity contribution in [3.8, 4) is 0 Å². The van der Waals surface area contributed by atoms with Crippen LogP contribution < -0.4 is 10.6 Å². The number of rotatable bonds is 6. The van der Waals surface area contributed by atoms with E-state index < -0.39 is 0 Å². The molecule has 1 fully saturated rings. The lowest BCUT2D eigenvalue weighted by atomic mass is 10.2. The Kier molecular flexibility index (Phi) is 11.0. The Morgan fingerprint density at radius 2 is 2.29 bits per heavy atom. The van der Waals surface area contributed by atoms with Gasteiger partial charge in [-0.2, -0.15) is 0 Å². The monoisotopic (exact) mass is 357 g/mol. The van der Waals surface area contributed by atoms with Crippen molar-refractivity contribution >= 4 is 29.9 Å². The fraction of sp³-hybridized carbons (Fsp3) is 0.909. The first kappa shape index (κ1) is 16.9. The third-order valence-electron chi connectivity index (χ3n) is 2.49. The average Bonchev–Trinajstić information content (AvgIpc) is 2.81. The molecule has 102 valence electrons. The van der Waals surface area contributed by atoms with Gasteiger partial charge in [-0.3, -0.25) is 4.99 Å². The number of nitrogens with zero attached hydrogens (tertiary/aromatic N) is 1. The molecule has 1 rings (SSSR count). The fourth-order valence-electron chi connectivity index (χ4n) is 1.62. The van der Waals surface area contributed by atoms with Crippen LogP contribution in [0, 0.1) is 0 Å². The largest absolute Gasteiger partial charge is 0.380 e. The van der Waals surface area contributed by atoms with Gasteiger partial charge in [0.25, 0.3) is 0 Å². The molecule has 1 unspecified atom stereocenters. The lowest BCUT2D eigenvalue weighted by molar-refractivity contribution is 0.113. The number of aliphatic imine (C=N–C) groups is 1. The van der Waals surface area contributed by atoms with Gasteiger partial charge in [-0.1, -0.05) is 0 Å². The van der Waals surface area contributed by atoms with Crippen LogP contribution in [-0.4, -0.2) is 52.0 Å². The van der Waals surface area contributed by atoms with Crippen LogP contribution in [0.4, 0.5) is 0 Å². The van der Waals surface area contributed by atoms with Crippen molar-refractivity contribution in [1.82, 2.24) is 10.6 Å². The van der Waals surface area contributed by atoms with Crippen molar-refractivity contribution in [3.05, 3.63) is 0 Å². The molecule has 1 aliphatic heterocycles. The number of halogens is 1. The number of nitrogens with one attached hydrogen (secondary N) is 2. The third kappa shape index (κ3) is 7.77. The van der Waals surface area contributed by atoms with E-state index in [-0.39, 0.29) is 24.0 Å². The van der Waals surface area contributed by atoms with Crippen LogP contribution in [-0.2, 0) is 9.47 Å². The normalized spacial score (nSPS) is 19.9. The van der Waals surface area contributed by atoms with Crippen molar-refractivity contribution in [3.63, 3.8) is 0 Å². The smallest absolute Gasteiger partial charge is 0.191 e. The van der Waals surface area contributed by atoms with E-state index in [4.69, 9.17) is 9.47 Å². The van der Waals surface area contributed by atoms with E-state index in [0.29, 0.717) is 12.7 Å². The van der Waals surface area contributed by atoms with Gasteiger partial charge >= 0.3 is 0 Å². The molecule has 1 saturated heterocycles. The fourth-order valence-corrected chi connectivity index (χ4v) is 1.62. The van der Waals surface area contributed by atoms with Crippen LogP contribution >= 0.6 is 24.0 Å². The standard InChI is InChI=1S/C11H23N3O2.HI/c1-3-15-8-6-13-11(12-2)14-9-10-5-4-7-16-10;/h10H,3-9H2,1-2H3,(H2,12,13,14);1H. The molecular formula is C11H24IN3O2. The molecule has 0 aliphatic carbocycles. The van der Waals surface area contributed by atoms with E-state index in [9.17, 15) is 0 Å². The summed E-state index contributed by atoms with van der Waals surface area (Å²) in [7, 11) is 1.77. The molecule has 0 bridgehead atoms. The van der Waals surface area contributed by atoms with Gasteiger partial charge in [0, 0.05) is 33.4 Å². The number of guanidine groups is 1. The van der Waals surface area contributed by atoms with Gasteiger partial charge in [0.2, 0.25) is 0 Å². The minimum atomic E-state index is 0. The molecule has 2 N–H and O–H groups in total. The van der Waals surface area contributed by atoms with E-state index in [2.05, 4.69) is 15.6 Å². The summed E-state index contributed by atoms with van der Waals surface area (Å²) in [5, 5.41) is 6.43. The van der Waals surface area contributed by atoms with Gasteiger partial charge in [-0.25, -0.2) is 0 Å². The lowest BCUT2D eigenvalue weighted by Gasteiger charge is -2.14. The Bertz CT molecular complexity index is 209. The highest BCUT2D eigenvalue weighted by molar-refractivity contribution is 14.0. The molecule has 0 aromatic heterocycles. The molecule has 0 radical (unpaired) electrons. The second-order valence-electron chi connectivity index (χ2n) is 3.71. The molecule has 0 aromatic carbocycles. The van der Waals surface area contributed by atoms with Crippen molar-refractivity contribution in [2.75, 3.05) is 40.0 Å². The molecular weight excluding hydrogens is 333 g/mol. The van der Waals surface area contributed by atoms with Crippen molar-refractivity contribution in [2.24, 2.45) is 4.99 Å². The minimum absolute atomic E-state index is 0. The Hall–Kier alpha value is -0.0800. The maximum Gasteiger partial charge on any atom is 0.191 e. The van der Waals surface area contributed by atoms with Crippen LogP contribution in [0.3, 0.4) is 0 Å². The molecule has 6 heteroatoms. The topological polar surface area (TPSA) is 54.9 Å². The highest BCUT2D eigenvalue weighted by atomic mass is 127. The summed E-state index contributed by atoms with van der Waals surface area (Å²) in [6.07, 6.45) is 2.65. The second-order valence-corrected chi connectivity index (χ2v) is 3.71. The Morgan fingerprint density at radius 1 is 1.47 bits per heavy atom. The van der Waals surface area contributed by atoms with Crippen molar-refractivity contribution < 1.29 is 9.47 Å². The zero-order valence-electron chi connectivity index (χ0n) is 10.7. The highest BCUT2D eigenvalue weighted by Gasteiger charge is 2.15. The summed E-state index contributed by atoms with van der Waals surface area (Å²) in [4.78, 5) is 4.13. The van der Waals surface area contributed by atoms with Gasteiger partial charge in [-0.15, -0.1) is 24.0 Å². The molecule has 0 aromatic rings. The summed E-state index contributed by atoms with van der Waals surface area (Å²) < 4.78 is 10.8. The molecule has 1 atom stereocenters. The summed E-state index contributed by atoms with van der Waals surface area (Å²) in [6, 6.07) is 0. The Labute approximate surface area is 121 Å². The van der Waals surface area contributed by atoms with E-state index >= 15 is 0 Å². The van der Waals surface area contributed by atoms with Gasteiger partial charge in [0.05, 0.1) is 12.7 Å². The molecule has 0 saturated carbocycles. The molecule has 1 aliphatic rings.